The Hall–Kier alpha value is -3.86. The van der Waals surface area contributed by atoms with Crippen LogP contribution in [0.3, 0.4) is 0 Å². The zero-order valence-electron chi connectivity index (χ0n) is 16.1. The first-order chi connectivity index (χ1) is 14.3. The number of aryl methyl sites for hydroxylation is 1. The fraction of sp³-hybridized carbons (Fsp3) is 0.0833. The summed E-state index contributed by atoms with van der Waals surface area (Å²) in [7, 11) is 0. The minimum atomic E-state index is 0.631. The van der Waals surface area contributed by atoms with Crippen LogP contribution in [0.4, 0.5) is 5.95 Å². The van der Waals surface area contributed by atoms with Crippen molar-refractivity contribution in [2.45, 2.75) is 13.5 Å². The Morgan fingerprint density at radius 2 is 1.79 bits per heavy atom. The standard InChI is InChI=1S/C24H21N5/c1-17-8-2-3-9-18(17)15-29-16-19(20-10-4-7-13-23(20)29)14-25-28-24-26-21-11-5-6-12-22(21)27-24/h2-14,16H,15H2,1H3,(H2,26,27,28)/b25-14-. The van der Waals surface area contributed by atoms with Crippen LogP contribution in [-0.4, -0.2) is 20.7 Å². The molecule has 29 heavy (non-hydrogen) atoms. The van der Waals surface area contributed by atoms with E-state index in [1.807, 2.05) is 30.5 Å². The van der Waals surface area contributed by atoms with Gasteiger partial charge in [0.1, 0.15) is 0 Å². The van der Waals surface area contributed by atoms with Crippen LogP contribution in [0.2, 0.25) is 0 Å². The topological polar surface area (TPSA) is 58.0 Å². The van der Waals surface area contributed by atoms with Crippen LogP contribution < -0.4 is 5.43 Å². The smallest absolute Gasteiger partial charge is 0.222 e. The van der Waals surface area contributed by atoms with Gasteiger partial charge >= 0.3 is 0 Å². The lowest BCUT2D eigenvalue weighted by atomic mass is 10.1. The highest BCUT2D eigenvalue weighted by molar-refractivity contribution is 5.99. The number of nitrogens with zero attached hydrogens (tertiary/aromatic N) is 3. The van der Waals surface area contributed by atoms with Crippen LogP contribution in [0.5, 0.6) is 0 Å². The van der Waals surface area contributed by atoms with Gasteiger partial charge < -0.3 is 9.55 Å². The molecule has 0 aliphatic heterocycles. The van der Waals surface area contributed by atoms with E-state index in [1.165, 1.54) is 22.0 Å². The van der Waals surface area contributed by atoms with Gasteiger partial charge in [-0.2, -0.15) is 5.10 Å². The average molecular weight is 379 g/mol. The van der Waals surface area contributed by atoms with E-state index >= 15 is 0 Å². The first-order valence-electron chi connectivity index (χ1n) is 9.64. The first kappa shape index (κ1) is 17.3. The lowest BCUT2D eigenvalue weighted by Crippen LogP contribution is -1.99. The zero-order valence-corrected chi connectivity index (χ0v) is 16.1. The van der Waals surface area contributed by atoms with Crippen LogP contribution in [-0.2, 0) is 6.54 Å². The normalized spacial score (nSPS) is 11.6. The predicted octanol–water partition coefficient (Wildman–Crippen LogP) is 5.32. The van der Waals surface area contributed by atoms with E-state index in [9.17, 15) is 0 Å². The van der Waals surface area contributed by atoms with E-state index in [4.69, 9.17) is 0 Å². The van der Waals surface area contributed by atoms with Gasteiger partial charge in [0.25, 0.3) is 0 Å². The van der Waals surface area contributed by atoms with E-state index in [-0.39, 0.29) is 0 Å². The van der Waals surface area contributed by atoms with Gasteiger partial charge in [0, 0.05) is 29.2 Å². The maximum Gasteiger partial charge on any atom is 0.222 e. The average Bonchev–Trinajstić information content (AvgIpc) is 3.31. The molecule has 5 aromatic rings. The minimum absolute atomic E-state index is 0.631. The van der Waals surface area contributed by atoms with Crippen molar-refractivity contribution < 1.29 is 0 Å². The quantitative estimate of drug-likeness (QED) is 0.321. The Morgan fingerprint density at radius 3 is 2.69 bits per heavy atom. The molecule has 0 saturated heterocycles. The molecule has 142 valence electrons. The van der Waals surface area contributed by atoms with E-state index in [0.29, 0.717) is 5.95 Å². The Balaban J connectivity index is 1.44. The molecule has 2 aromatic heterocycles. The van der Waals surface area contributed by atoms with Gasteiger partial charge in [0.2, 0.25) is 5.95 Å². The molecule has 0 fully saturated rings. The van der Waals surface area contributed by atoms with Crippen LogP contribution in [0, 0.1) is 6.92 Å². The molecule has 0 spiro atoms. The van der Waals surface area contributed by atoms with Gasteiger partial charge in [-0.15, -0.1) is 0 Å². The number of rotatable bonds is 5. The molecule has 0 amide bonds. The summed E-state index contributed by atoms with van der Waals surface area (Å²) in [6.07, 6.45) is 4.00. The maximum absolute atomic E-state index is 4.49. The molecule has 0 atom stereocenters. The third-order valence-corrected chi connectivity index (χ3v) is 5.18. The summed E-state index contributed by atoms with van der Waals surface area (Å²) in [5, 5.41) is 5.59. The Morgan fingerprint density at radius 1 is 1.00 bits per heavy atom. The number of nitrogens with one attached hydrogen (secondary N) is 2. The lowest BCUT2D eigenvalue weighted by Gasteiger charge is -2.08. The summed E-state index contributed by atoms with van der Waals surface area (Å²) in [6.45, 7) is 2.98. The number of aromatic nitrogens is 3. The number of anilines is 1. The van der Waals surface area contributed by atoms with Gasteiger partial charge in [-0.1, -0.05) is 54.6 Å². The molecule has 0 aliphatic carbocycles. The first-order valence-corrected chi connectivity index (χ1v) is 9.64. The second-order valence-electron chi connectivity index (χ2n) is 7.13. The summed E-state index contributed by atoms with van der Waals surface area (Å²) in [5.41, 5.74) is 9.79. The molecule has 5 rings (SSSR count). The third kappa shape index (κ3) is 3.38. The van der Waals surface area contributed by atoms with Crippen LogP contribution in [0.15, 0.2) is 84.1 Å². The van der Waals surface area contributed by atoms with Crippen molar-refractivity contribution in [1.29, 1.82) is 0 Å². The summed E-state index contributed by atoms with van der Waals surface area (Å²) in [6, 6.07) is 24.8. The summed E-state index contributed by atoms with van der Waals surface area (Å²) in [5.74, 6) is 0.631. The SMILES string of the molecule is Cc1ccccc1Cn1cc(/C=N\Nc2nc3ccccc3[nH]2)c2ccccc21. The molecule has 0 bridgehead atoms. The number of para-hydroxylation sites is 3. The van der Waals surface area contributed by atoms with E-state index in [2.05, 4.69) is 86.7 Å². The number of H-pyrrole nitrogens is 1. The molecule has 0 unspecified atom stereocenters. The molecule has 2 N–H and O–H groups in total. The van der Waals surface area contributed by atoms with Crippen molar-refractivity contribution >= 4 is 34.1 Å². The van der Waals surface area contributed by atoms with E-state index < -0.39 is 0 Å². The Labute approximate surface area is 168 Å². The lowest BCUT2D eigenvalue weighted by molar-refractivity contribution is 0.830. The molecule has 3 aromatic carbocycles. The van der Waals surface area contributed by atoms with Crippen LogP contribution in [0.25, 0.3) is 21.9 Å². The van der Waals surface area contributed by atoms with Crippen molar-refractivity contribution in [3.8, 4) is 0 Å². The van der Waals surface area contributed by atoms with Gasteiger partial charge in [0.05, 0.1) is 17.2 Å². The van der Waals surface area contributed by atoms with Crippen molar-refractivity contribution in [1.82, 2.24) is 14.5 Å². The largest absolute Gasteiger partial charge is 0.342 e. The van der Waals surface area contributed by atoms with Gasteiger partial charge in [0.15, 0.2) is 0 Å². The number of benzene rings is 3. The molecule has 0 saturated carbocycles. The summed E-state index contributed by atoms with van der Waals surface area (Å²) >= 11 is 0. The fourth-order valence-electron chi connectivity index (χ4n) is 3.65. The molecular formula is C24H21N5. The van der Waals surface area contributed by atoms with Crippen molar-refractivity contribution in [3.05, 3.63) is 95.7 Å². The van der Waals surface area contributed by atoms with Crippen molar-refractivity contribution in [3.63, 3.8) is 0 Å². The van der Waals surface area contributed by atoms with Crippen LogP contribution in [0.1, 0.15) is 16.7 Å². The summed E-state index contributed by atoms with van der Waals surface area (Å²) in [4.78, 5) is 7.71. The maximum atomic E-state index is 4.49. The molecule has 5 heteroatoms. The number of hydrogen-bond acceptors (Lipinski definition) is 3. The second kappa shape index (κ2) is 7.28. The number of fused-ring (bicyclic) bond motifs is 2. The monoisotopic (exact) mass is 379 g/mol. The highest BCUT2D eigenvalue weighted by Gasteiger charge is 2.08. The van der Waals surface area contributed by atoms with E-state index in [1.54, 1.807) is 0 Å². The molecule has 2 heterocycles. The highest BCUT2D eigenvalue weighted by atomic mass is 15.3. The predicted molar refractivity (Wildman–Crippen MR) is 120 cm³/mol. The van der Waals surface area contributed by atoms with Gasteiger partial charge in [-0.3, -0.25) is 0 Å². The van der Waals surface area contributed by atoms with Gasteiger partial charge in [-0.25, -0.2) is 10.4 Å². The molecule has 5 nitrogen and oxygen atoms in total. The van der Waals surface area contributed by atoms with Crippen molar-refractivity contribution in [2.75, 3.05) is 5.43 Å². The summed E-state index contributed by atoms with van der Waals surface area (Å²) < 4.78 is 2.28. The Kier molecular flexibility index (Phi) is 4.33. The molecule has 0 radical (unpaired) electrons. The highest BCUT2D eigenvalue weighted by Crippen LogP contribution is 2.22. The van der Waals surface area contributed by atoms with Crippen molar-refractivity contribution in [2.24, 2.45) is 5.10 Å². The minimum Gasteiger partial charge on any atom is -0.342 e. The van der Waals surface area contributed by atoms with Crippen LogP contribution >= 0.6 is 0 Å². The fourth-order valence-corrected chi connectivity index (χ4v) is 3.65. The van der Waals surface area contributed by atoms with E-state index in [0.717, 1.165) is 23.1 Å². The number of hydrazone groups is 1. The molecule has 0 aliphatic rings. The number of aromatic amines is 1. The third-order valence-electron chi connectivity index (χ3n) is 5.18. The number of hydrogen-bond donors (Lipinski definition) is 2. The molecular weight excluding hydrogens is 358 g/mol. The zero-order chi connectivity index (χ0) is 19.6. The Bertz CT molecular complexity index is 1290. The number of imidazole rings is 1. The second-order valence-corrected chi connectivity index (χ2v) is 7.13. The van der Waals surface area contributed by atoms with Gasteiger partial charge in [-0.05, 0) is 36.2 Å².